The van der Waals surface area contributed by atoms with E-state index < -0.39 is 0 Å². The molecule has 1 heterocycles. The zero-order valence-electron chi connectivity index (χ0n) is 12.3. The van der Waals surface area contributed by atoms with Crippen molar-refractivity contribution < 1.29 is 0 Å². The van der Waals surface area contributed by atoms with Crippen LogP contribution in [0.3, 0.4) is 0 Å². The van der Waals surface area contributed by atoms with Crippen LogP contribution in [0, 0.1) is 0 Å². The van der Waals surface area contributed by atoms with Gasteiger partial charge in [-0.1, -0.05) is 68.1 Å². The number of rotatable bonds is 5. The first-order chi connectivity index (χ1) is 10.2. The van der Waals surface area contributed by atoms with Gasteiger partial charge >= 0.3 is 0 Å². The Bertz CT molecular complexity index is 667. The molecule has 2 heteroatoms. The lowest BCUT2D eigenvalue weighted by Gasteiger charge is -2.07. The molecular weight excluding hydrogens is 256 g/mol. The van der Waals surface area contributed by atoms with Crippen molar-refractivity contribution >= 4 is 11.3 Å². The van der Waals surface area contributed by atoms with Gasteiger partial charge in [-0.25, -0.2) is 4.98 Å². The van der Waals surface area contributed by atoms with Crippen molar-refractivity contribution in [2.75, 3.05) is 5.73 Å². The molecule has 2 aromatic rings. The van der Waals surface area contributed by atoms with Gasteiger partial charge in [-0.3, -0.25) is 0 Å². The second kappa shape index (κ2) is 7.25. The first-order valence-corrected chi connectivity index (χ1v) is 7.06. The summed E-state index contributed by atoms with van der Waals surface area (Å²) in [6.07, 6.45) is 9.04. The Morgan fingerprint density at radius 1 is 1.19 bits per heavy atom. The number of hydrogen-bond donors (Lipinski definition) is 1. The largest absolute Gasteiger partial charge is 0.399 e. The summed E-state index contributed by atoms with van der Waals surface area (Å²) in [5, 5.41) is 0. The first-order valence-electron chi connectivity index (χ1n) is 7.06. The quantitative estimate of drug-likeness (QED) is 0.791. The number of hydrogen-bond acceptors (Lipinski definition) is 2. The van der Waals surface area contributed by atoms with Crippen LogP contribution in [-0.4, -0.2) is 4.98 Å². The molecule has 0 fully saturated rings. The normalized spacial score (nSPS) is 11.3. The fourth-order valence-electron chi connectivity index (χ4n) is 1.94. The lowest BCUT2D eigenvalue weighted by molar-refractivity contribution is 1.22. The summed E-state index contributed by atoms with van der Waals surface area (Å²) in [6.45, 7) is 6.16. The summed E-state index contributed by atoms with van der Waals surface area (Å²) < 4.78 is 0. The van der Waals surface area contributed by atoms with Gasteiger partial charge in [0.25, 0.3) is 0 Å². The van der Waals surface area contributed by atoms with E-state index in [1.165, 1.54) is 0 Å². The van der Waals surface area contributed by atoms with Crippen molar-refractivity contribution in [2.24, 2.45) is 0 Å². The number of allylic oxidation sites excluding steroid dienone is 5. The number of aromatic nitrogens is 1. The van der Waals surface area contributed by atoms with Crippen LogP contribution >= 0.6 is 0 Å². The fraction of sp³-hybridized carbons (Fsp3) is 0.105. The molecule has 0 saturated carbocycles. The topological polar surface area (TPSA) is 38.9 Å². The van der Waals surface area contributed by atoms with Crippen LogP contribution < -0.4 is 5.73 Å². The van der Waals surface area contributed by atoms with Gasteiger partial charge in [-0.2, -0.15) is 0 Å². The van der Waals surface area contributed by atoms with Crippen molar-refractivity contribution in [3.63, 3.8) is 0 Å². The van der Waals surface area contributed by atoms with Gasteiger partial charge in [-0.15, -0.1) is 0 Å². The van der Waals surface area contributed by atoms with Crippen molar-refractivity contribution in [1.82, 2.24) is 4.98 Å². The molecular formula is C19H20N2. The molecule has 106 valence electrons. The van der Waals surface area contributed by atoms with Crippen LogP contribution in [-0.2, 0) is 0 Å². The molecule has 0 aliphatic heterocycles. The predicted octanol–water partition coefficient (Wildman–Crippen LogP) is 4.87. The average molecular weight is 276 g/mol. The zero-order chi connectivity index (χ0) is 15.1. The highest BCUT2D eigenvalue weighted by atomic mass is 14.7. The maximum Gasteiger partial charge on any atom is 0.0729 e. The molecule has 0 amide bonds. The Morgan fingerprint density at radius 3 is 2.67 bits per heavy atom. The Hall–Kier alpha value is -2.61. The van der Waals surface area contributed by atoms with E-state index in [1.807, 2.05) is 60.7 Å². The van der Waals surface area contributed by atoms with Gasteiger partial charge in [0.05, 0.1) is 11.4 Å². The minimum absolute atomic E-state index is 0.692. The van der Waals surface area contributed by atoms with Gasteiger partial charge in [0.1, 0.15) is 0 Å². The third-order valence-corrected chi connectivity index (χ3v) is 3.03. The second-order valence-electron chi connectivity index (χ2n) is 4.76. The minimum Gasteiger partial charge on any atom is -0.399 e. The van der Waals surface area contributed by atoms with E-state index >= 15 is 0 Å². The van der Waals surface area contributed by atoms with Gasteiger partial charge in [0.2, 0.25) is 0 Å². The highest BCUT2D eigenvalue weighted by Crippen LogP contribution is 2.23. The van der Waals surface area contributed by atoms with E-state index in [-0.39, 0.29) is 0 Å². The van der Waals surface area contributed by atoms with E-state index in [4.69, 9.17) is 5.73 Å². The first kappa shape index (κ1) is 14.8. The maximum atomic E-state index is 5.99. The van der Waals surface area contributed by atoms with Crippen LogP contribution in [0.2, 0.25) is 0 Å². The maximum absolute atomic E-state index is 5.99. The fourth-order valence-corrected chi connectivity index (χ4v) is 1.94. The van der Waals surface area contributed by atoms with E-state index in [2.05, 4.69) is 24.6 Å². The molecule has 2 N–H and O–H groups in total. The number of nitrogen functional groups attached to an aromatic ring is 1. The van der Waals surface area contributed by atoms with E-state index in [0.717, 1.165) is 28.9 Å². The molecule has 21 heavy (non-hydrogen) atoms. The number of anilines is 1. The lowest BCUT2D eigenvalue weighted by Crippen LogP contribution is -1.94. The molecule has 0 atom stereocenters. The standard InChI is InChI=1S/C19H20N2/c1-3-4-5-7-10-15(2)18-13-17(20)14-19(21-18)16-11-8-6-9-12-16/h4-14H,2-3H2,1H3,(H2,20,21)/b5-4-,10-7-. The smallest absolute Gasteiger partial charge is 0.0729 e. The summed E-state index contributed by atoms with van der Waals surface area (Å²) in [6, 6.07) is 13.7. The molecule has 0 spiro atoms. The molecule has 2 rings (SSSR count). The van der Waals surface area contributed by atoms with E-state index in [1.54, 1.807) is 0 Å². The third kappa shape index (κ3) is 4.18. The lowest BCUT2D eigenvalue weighted by atomic mass is 10.1. The predicted molar refractivity (Wildman–Crippen MR) is 91.7 cm³/mol. The second-order valence-corrected chi connectivity index (χ2v) is 4.76. The number of nitrogens with zero attached hydrogens (tertiary/aromatic N) is 1. The summed E-state index contributed by atoms with van der Waals surface area (Å²) in [7, 11) is 0. The van der Waals surface area contributed by atoms with Crippen LogP contribution in [0.5, 0.6) is 0 Å². The molecule has 0 aliphatic carbocycles. The van der Waals surface area contributed by atoms with Gasteiger partial charge < -0.3 is 5.73 Å². The summed E-state index contributed by atoms with van der Waals surface area (Å²) in [5.74, 6) is 0. The van der Waals surface area contributed by atoms with E-state index in [0.29, 0.717) is 5.69 Å². The molecule has 0 bridgehead atoms. The Morgan fingerprint density at radius 2 is 1.95 bits per heavy atom. The summed E-state index contributed by atoms with van der Waals surface area (Å²) in [5.41, 5.74) is 10.2. The molecule has 1 aromatic carbocycles. The van der Waals surface area contributed by atoms with E-state index in [9.17, 15) is 0 Å². The highest BCUT2D eigenvalue weighted by molar-refractivity contribution is 5.75. The average Bonchev–Trinajstić information content (AvgIpc) is 2.51. The van der Waals surface area contributed by atoms with Crippen LogP contribution in [0.25, 0.3) is 16.8 Å². The van der Waals surface area contributed by atoms with Gasteiger partial charge in [-0.05, 0) is 24.1 Å². The summed E-state index contributed by atoms with van der Waals surface area (Å²) in [4.78, 5) is 4.65. The summed E-state index contributed by atoms with van der Waals surface area (Å²) >= 11 is 0. The number of nitrogens with two attached hydrogens (primary N) is 1. The molecule has 0 unspecified atom stereocenters. The molecule has 0 saturated heterocycles. The highest BCUT2D eigenvalue weighted by Gasteiger charge is 2.04. The van der Waals surface area contributed by atoms with Crippen LogP contribution in [0.4, 0.5) is 5.69 Å². The molecule has 2 nitrogen and oxygen atoms in total. The SMILES string of the molecule is C=C(/C=C\C=C/CC)c1cc(N)cc(-c2ccccc2)n1. The van der Waals surface area contributed by atoms with Crippen molar-refractivity contribution in [3.8, 4) is 11.3 Å². The number of benzene rings is 1. The number of pyridine rings is 1. The Kier molecular flexibility index (Phi) is 5.10. The molecule has 0 radical (unpaired) electrons. The Labute approximate surface area is 126 Å². The Balaban J connectivity index is 2.29. The third-order valence-electron chi connectivity index (χ3n) is 3.03. The van der Waals surface area contributed by atoms with Crippen LogP contribution in [0.1, 0.15) is 19.0 Å². The van der Waals surface area contributed by atoms with Crippen molar-refractivity contribution in [3.05, 3.63) is 79.0 Å². The van der Waals surface area contributed by atoms with Gasteiger partial charge in [0.15, 0.2) is 0 Å². The van der Waals surface area contributed by atoms with Crippen LogP contribution in [0.15, 0.2) is 73.3 Å². The van der Waals surface area contributed by atoms with Crippen molar-refractivity contribution in [2.45, 2.75) is 13.3 Å². The molecule has 1 aromatic heterocycles. The zero-order valence-corrected chi connectivity index (χ0v) is 12.3. The minimum atomic E-state index is 0.692. The molecule has 0 aliphatic rings. The monoisotopic (exact) mass is 276 g/mol. The van der Waals surface area contributed by atoms with Crippen molar-refractivity contribution in [1.29, 1.82) is 0 Å². The van der Waals surface area contributed by atoms with Gasteiger partial charge in [0, 0.05) is 11.3 Å².